The van der Waals surface area contributed by atoms with Gasteiger partial charge in [-0.1, -0.05) is 27.5 Å². The number of nitro groups is 1. The van der Waals surface area contributed by atoms with Gasteiger partial charge in [-0.3, -0.25) is 10.1 Å². The van der Waals surface area contributed by atoms with Crippen molar-refractivity contribution in [3.63, 3.8) is 0 Å². The molecule has 0 aliphatic heterocycles. The molecule has 0 saturated heterocycles. The van der Waals surface area contributed by atoms with Crippen LogP contribution in [0.5, 0.6) is 0 Å². The normalized spacial score (nSPS) is 10.2. The maximum absolute atomic E-state index is 10.6. The molecule has 0 bridgehead atoms. The van der Waals surface area contributed by atoms with E-state index in [9.17, 15) is 10.1 Å². The van der Waals surface area contributed by atoms with Crippen LogP contribution in [0.15, 0.2) is 12.1 Å². The minimum atomic E-state index is -0.402. The average molecular weight is 279 g/mol. The molecule has 0 aliphatic rings. The van der Waals surface area contributed by atoms with Crippen LogP contribution >= 0.6 is 27.5 Å². The summed E-state index contributed by atoms with van der Waals surface area (Å²) in [5, 5.41) is 11.9. The molecule has 0 spiro atoms. The molecule has 0 aliphatic carbocycles. The highest BCUT2D eigenvalue weighted by Crippen LogP contribution is 2.27. The third-order valence-corrected chi connectivity index (χ3v) is 2.83. The van der Waals surface area contributed by atoms with Crippen molar-refractivity contribution in [1.29, 1.82) is 0 Å². The van der Waals surface area contributed by atoms with E-state index in [2.05, 4.69) is 15.9 Å². The first-order valence-corrected chi connectivity index (χ1v) is 5.55. The summed E-state index contributed by atoms with van der Waals surface area (Å²) in [7, 11) is 0. The summed E-state index contributed by atoms with van der Waals surface area (Å²) in [6, 6.07) is 3.01. The van der Waals surface area contributed by atoms with E-state index >= 15 is 0 Å². The van der Waals surface area contributed by atoms with Crippen molar-refractivity contribution in [1.82, 2.24) is 0 Å². The largest absolute Gasteiger partial charge is 0.270 e. The molecule has 0 heterocycles. The Morgan fingerprint density at radius 1 is 1.57 bits per heavy atom. The van der Waals surface area contributed by atoms with Gasteiger partial charge in [0.15, 0.2) is 0 Å². The molecule has 0 atom stereocenters. The minimum absolute atomic E-state index is 0.0999. The van der Waals surface area contributed by atoms with E-state index in [0.29, 0.717) is 11.4 Å². The van der Waals surface area contributed by atoms with E-state index in [4.69, 9.17) is 11.6 Å². The van der Waals surface area contributed by atoms with Crippen LogP contribution in [0.4, 0.5) is 5.69 Å². The number of nitrogens with zero attached hydrogens (tertiary/aromatic N) is 1. The zero-order chi connectivity index (χ0) is 10.7. The number of benzene rings is 1. The van der Waals surface area contributed by atoms with Gasteiger partial charge in [0.2, 0.25) is 0 Å². The minimum Gasteiger partial charge on any atom is -0.258 e. The number of non-ortho nitro benzene ring substituents is 1. The van der Waals surface area contributed by atoms with Crippen LogP contribution in [0.2, 0.25) is 5.02 Å². The van der Waals surface area contributed by atoms with Crippen LogP contribution in [0.3, 0.4) is 0 Å². The van der Waals surface area contributed by atoms with Crippen LogP contribution in [0.25, 0.3) is 0 Å². The predicted octanol–water partition coefficient (Wildman–Crippen LogP) is 3.49. The number of hydrogen-bond donors (Lipinski definition) is 0. The molecular weight excluding hydrogens is 269 g/mol. The van der Waals surface area contributed by atoms with Crippen LogP contribution in [0, 0.1) is 17.0 Å². The number of hydrogen-bond acceptors (Lipinski definition) is 2. The summed E-state index contributed by atoms with van der Waals surface area (Å²) in [6.07, 6.45) is 0.696. The van der Waals surface area contributed by atoms with Crippen molar-refractivity contribution in [2.45, 2.75) is 13.3 Å². The molecule has 76 valence electrons. The van der Waals surface area contributed by atoms with Crippen LogP contribution in [0.1, 0.15) is 11.1 Å². The standard InChI is InChI=1S/C9H9BrClNO2/c1-6-4-8(12(13)14)5-7(2-3-10)9(6)11/h4-5H,2-3H2,1H3. The highest BCUT2D eigenvalue weighted by atomic mass is 79.9. The van der Waals surface area contributed by atoms with Gasteiger partial charge in [-0.2, -0.15) is 0 Å². The van der Waals surface area contributed by atoms with Gasteiger partial charge in [0.05, 0.1) is 4.92 Å². The second kappa shape index (κ2) is 4.75. The van der Waals surface area contributed by atoms with Crippen molar-refractivity contribution < 1.29 is 4.92 Å². The number of rotatable bonds is 3. The van der Waals surface area contributed by atoms with Gasteiger partial charge >= 0.3 is 0 Å². The maximum Gasteiger partial charge on any atom is 0.270 e. The third-order valence-electron chi connectivity index (χ3n) is 1.89. The van der Waals surface area contributed by atoms with Crippen molar-refractivity contribution in [2.24, 2.45) is 0 Å². The lowest BCUT2D eigenvalue weighted by molar-refractivity contribution is -0.385. The Morgan fingerprint density at radius 2 is 2.21 bits per heavy atom. The molecule has 5 heteroatoms. The molecule has 1 rings (SSSR count). The summed E-state index contributed by atoms with van der Waals surface area (Å²) in [4.78, 5) is 10.2. The number of aryl methyl sites for hydroxylation is 2. The van der Waals surface area contributed by atoms with Crippen molar-refractivity contribution >= 4 is 33.2 Å². The summed E-state index contributed by atoms with van der Waals surface area (Å²) in [6.45, 7) is 1.77. The smallest absolute Gasteiger partial charge is 0.258 e. The highest BCUT2D eigenvalue weighted by molar-refractivity contribution is 9.09. The molecular formula is C9H9BrClNO2. The lowest BCUT2D eigenvalue weighted by Crippen LogP contribution is -1.95. The molecule has 0 fully saturated rings. The summed E-state index contributed by atoms with van der Waals surface area (Å²) in [5.74, 6) is 0. The summed E-state index contributed by atoms with van der Waals surface area (Å²) in [5.41, 5.74) is 1.66. The van der Waals surface area contributed by atoms with E-state index in [-0.39, 0.29) is 5.69 Å². The highest BCUT2D eigenvalue weighted by Gasteiger charge is 2.12. The Bertz CT molecular complexity index is 368. The topological polar surface area (TPSA) is 43.1 Å². The zero-order valence-electron chi connectivity index (χ0n) is 7.59. The molecule has 1 aromatic carbocycles. The molecule has 0 saturated carbocycles. The van der Waals surface area contributed by atoms with Gasteiger partial charge in [0.1, 0.15) is 0 Å². The quantitative estimate of drug-likeness (QED) is 0.482. The first-order valence-electron chi connectivity index (χ1n) is 4.05. The van der Waals surface area contributed by atoms with Crippen LogP contribution in [-0.4, -0.2) is 10.3 Å². The lowest BCUT2D eigenvalue weighted by atomic mass is 10.1. The predicted molar refractivity (Wildman–Crippen MR) is 60.3 cm³/mol. The van der Waals surface area contributed by atoms with Crippen LogP contribution in [-0.2, 0) is 6.42 Å². The fourth-order valence-corrected chi connectivity index (χ4v) is 1.84. The van der Waals surface area contributed by atoms with Gasteiger partial charge in [-0.25, -0.2) is 0 Å². The van der Waals surface area contributed by atoms with Gasteiger partial charge < -0.3 is 0 Å². The fraction of sp³-hybridized carbons (Fsp3) is 0.333. The van der Waals surface area contributed by atoms with E-state index in [1.165, 1.54) is 12.1 Å². The van der Waals surface area contributed by atoms with Crippen molar-refractivity contribution in [3.05, 3.63) is 38.4 Å². The SMILES string of the molecule is Cc1cc([N+](=O)[O-])cc(CCBr)c1Cl. The molecule has 0 aromatic heterocycles. The number of nitro benzene ring substituents is 1. The Balaban J connectivity index is 3.20. The number of alkyl halides is 1. The second-order valence-corrected chi connectivity index (χ2v) is 4.10. The molecule has 0 N–H and O–H groups in total. The molecule has 1 aromatic rings. The first-order chi connectivity index (χ1) is 6.56. The van der Waals surface area contributed by atoms with E-state index in [0.717, 1.165) is 16.5 Å². The Labute approximate surface area is 95.4 Å². The van der Waals surface area contributed by atoms with E-state index < -0.39 is 4.92 Å². The second-order valence-electron chi connectivity index (χ2n) is 2.93. The maximum atomic E-state index is 10.6. The van der Waals surface area contributed by atoms with Crippen molar-refractivity contribution in [3.8, 4) is 0 Å². The van der Waals surface area contributed by atoms with E-state index in [1.807, 2.05) is 0 Å². The first kappa shape index (κ1) is 11.5. The lowest BCUT2D eigenvalue weighted by Gasteiger charge is -2.04. The fourth-order valence-electron chi connectivity index (χ4n) is 1.21. The molecule has 0 unspecified atom stereocenters. The molecule has 0 amide bonds. The molecule has 3 nitrogen and oxygen atoms in total. The average Bonchev–Trinajstić information content (AvgIpc) is 2.12. The van der Waals surface area contributed by atoms with Crippen molar-refractivity contribution in [2.75, 3.05) is 5.33 Å². The molecule has 14 heavy (non-hydrogen) atoms. The number of halogens is 2. The Hall–Kier alpha value is -0.610. The van der Waals surface area contributed by atoms with Crippen LogP contribution < -0.4 is 0 Å². The Morgan fingerprint density at radius 3 is 2.71 bits per heavy atom. The van der Waals surface area contributed by atoms with E-state index in [1.54, 1.807) is 6.92 Å². The van der Waals surface area contributed by atoms with Gasteiger partial charge in [0.25, 0.3) is 5.69 Å². The third kappa shape index (κ3) is 2.45. The van der Waals surface area contributed by atoms with Gasteiger partial charge in [-0.15, -0.1) is 0 Å². The zero-order valence-corrected chi connectivity index (χ0v) is 9.93. The van der Waals surface area contributed by atoms with Gasteiger partial charge in [0, 0.05) is 22.5 Å². The molecule has 0 radical (unpaired) electrons. The summed E-state index contributed by atoms with van der Waals surface area (Å²) < 4.78 is 0. The monoisotopic (exact) mass is 277 g/mol. The summed E-state index contributed by atoms with van der Waals surface area (Å²) >= 11 is 9.28. The van der Waals surface area contributed by atoms with Gasteiger partial charge in [-0.05, 0) is 24.5 Å². The Kier molecular flexibility index (Phi) is 3.89.